The van der Waals surface area contributed by atoms with Gasteiger partial charge in [-0.2, -0.15) is 0 Å². The summed E-state index contributed by atoms with van der Waals surface area (Å²) in [6.07, 6.45) is 8.48. The van der Waals surface area contributed by atoms with Crippen molar-refractivity contribution in [2.45, 2.75) is 19.8 Å². The van der Waals surface area contributed by atoms with Crippen LogP contribution >= 0.6 is 0 Å². The smallest absolute Gasteiger partial charge is 0.160 e. The standard InChI is InChI=1S/C19H23F2N5/c1-13(19(24)7-9-22)8-10-25-14(2)3-4-15(23)12-26-16-5-6-17(20)18(21)11-16/h5-12,22,26H,2-4,23-24H2,1H3/b13-8+,15-12-,19-7-,22-9?,25-10?. The largest absolute Gasteiger partial charge is 0.401 e. The molecule has 0 heterocycles. The Bertz CT molecular complexity index is 776. The number of nitrogens with zero attached hydrogens (tertiary/aromatic N) is 1. The van der Waals surface area contributed by atoms with Gasteiger partial charge in [0, 0.05) is 47.5 Å². The molecule has 0 saturated heterocycles. The van der Waals surface area contributed by atoms with Crippen LogP contribution in [0.4, 0.5) is 14.5 Å². The highest BCUT2D eigenvalue weighted by Crippen LogP contribution is 2.14. The highest BCUT2D eigenvalue weighted by atomic mass is 19.2. The minimum atomic E-state index is -0.927. The highest BCUT2D eigenvalue weighted by molar-refractivity contribution is 5.76. The van der Waals surface area contributed by atoms with Gasteiger partial charge < -0.3 is 22.2 Å². The lowest BCUT2D eigenvalue weighted by Gasteiger charge is -2.05. The van der Waals surface area contributed by atoms with Crippen molar-refractivity contribution in [3.05, 3.63) is 77.4 Å². The van der Waals surface area contributed by atoms with E-state index in [1.54, 1.807) is 12.3 Å². The molecule has 0 radical (unpaired) electrons. The Labute approximate surface area is 152 Å². The summed E-state index contributed by atoms with van der Waals surface area (Å²) in [5.41, 5.74) is 14.4. The minimum absolute atomic E-state index is 0.403. The van der Waals surface area contributed by atoms with Gasteiger partial charge in [-0.25, -0.2) is 8.78 Å². The molecule has 7 heteroatoms. The molecule has 5 nitrogen and oxygen atoms in total. The molecule has 1 rings (SSSR count). The predicted octanol–water partition coefficient (Wildman–Crippen LogP) is 3.98. The maximum absolute atomic E-state index is 13.1. The van der Waals surface area contributed by atoms with Crippen LogP contribution in [0.1, 0.15) is 19.8 Å². The van der Waals surface area contributed by atoms with Crippen LogP contribution in [0.5, 0.6) is 0 Å². The molecular formula is C19H23F2N5. The predicted molar refractivity (Wildman–Crippen MR) is 104 cm³/mol. The van der Waals surface area contributed by atoms with Crippen LogP contribution in [-0.4, -0.2) is 12.4 Å². The van der Waals surface area contributed by atoms with E-state index in [1.165, 1.54) is 18.3 Å². The van der Waals surface area contributed by atoms with Crippen molar-refractivity contribution < 1.29 is 8.78 Å². The van der Waals surface area contributed by atoms with Gasteiger partial charge in [0.25, 0.3) is 0 Å². The van der Waals surface area contributed by atoms with Crippen LogP contribution in [0.25, 0.3) is 0 Å². The van der Waals surface area contributed by atoms with E-state index in [0.717, 1.165) is 23.9 Å². The van der Waals surface area contributed by atoms with Crippen molar-refractivity contribution >= 4 is 18.1 Å². The molecule has 0 aliphatic heterocycles. The highest BCUT2D eigenvalue weighted by Gasteiger charge is 2.01. The van der Waals surface area contributed by atoms with E-state index in [-0.39, 0.29) is 0 Å². The molecule has 6 N–H and O–H groups in total. The second-order valence-electron chi connectivity index (χ2n) is 5.48. The summed E-state index contributed by atoms with van der Waals surface area (Å²) in [6, 6.07) is 3.51. The van der Waals surface area contributed by atoms with Crippen LogP contribution in [0.2, 0.25) is 0 Å². The van der Waals surface area contributed by atoms with Gasteiger partial charge in [0.1, 0.15) is 0 Å². The van der Waals surface area contributed by atoms with E-state index < -0.39 is 11.6 Å². The fourth-order valence-corrected chi connectivity index (χ4v) is 1.76. The number of nitrogens with two attached hydrogens (primary N) is 2. The average molecular weight is 359 g/mol. The lowest BCUT2D eigenvalue weighted by molar-refractivity contribution is 0.509. The Morgan fingerprint density at radius 1 is 1.23 bits per heavy atom. The Morgan fingerprint density at radius 2 is 1.96 bits per heavy atom. The molecule has 1 aromatic carbocycles. The fourth-order valence-electron chi connectivity index (χ4n) is 1.76. The number of nitrogens with one attached hydrogen (secondary N) is 2. The zero-order valence-electron chi connectivity index (χ0n) is 14.6. The Morgan fingerprint density at radius 3 is 2.62 bits per heavy atom. The number of hydrogen-bond acceptors (Lipinski definition) is 5. The maximum atomic E-state index is 13.1. The Kier molecular flexibility index (Phi) is 8.49. The van der Waals surface area contributed by atoms with E-state index in [1.807, 2.05) is 6.92 Å². The summed E-state index contributed by atoms with van der Waals surface area (Å²) < 4.78 is 26.0. The molecule has 1 aromatic rings. The van der Waals surface area contributed by atoms with Crippen LogP contribution in [0, 0.1) is 17.0 Å². The third-order valence-corrected chi connectivity index (χ3v) is 3.35. The monoisotopic (exact) mass is 359 g/mol. The van der Waals surface area contributed by atoms with Gasteiger partial charge in [-0.15, -0.1) is 0 Å². The third-order valence-electron chi connectivity index (χ3n) is 3.35. The lowest BCUT2D eigenvalue weighted by Crippen LogP contribution is -2.02. The number of aliphatic imine (C=N–C) groups is 1. The number of rotatable bonds is 9. The molecule has 0 fully saturated rings. The normalized spacial score (nSPS) is 13.1. The summed E-state index contributed by atoms with van der Waals surface area (Å²) in [7, 11) is 0. The first-order valence-electron chi connectivity index (χ1n) is 7.85. The van der Waals surface area contributed by atoms with E-state index in [0.29, 0.717) is 35.6 Å². The topological polar surface area (TPSA) is 100 Å². The van der Waals surface area contributed by atoms with Crippen molar-refractivity contribution in [1.82, 2.24) is 0 Å². The third kappa shape index (κ3) is 7.57. The molecule has 0 bridgehead atoms. The molecule has 0 aliphatic rings. The average Bonchev–Trinajstić information content (AvgIpc) is 2.61. The molecule has 0 saturated carbocycles. The van der Waals surface area contributed by atoms with Gasteiger partial charge in [0.15, 0.2) is 11.6 Å². The molecule has 26 heavy (non-hydrogen) atoms. The molecular weight excluding hydrogens is 336 g/mol. The Hall–Kier alpha value is -3.22. The SMILES string of the molecule is C=C(CC/C(N)=C/Nc1ccc(F)c(F)c1)N=C/C=C(C)/C(N)=C/C=N. The molecule has 138 valence electrons. The number of allylic oxidation sites excluding steroid dienone is 5. The van der Waals surface area contributed by atoms with E-state index in [9.17, 15) is 8.78 Å². The van der Waals surface area contributed by atoms with E-state index in [2.05, 4.69) is 16.9 Å². The number of benzene rings is 1. The van der Waals surface area contributed by atoms with Gasteiger partial charge in [-0.3, -0.25) is 4.99 Å². The summed E-state index contributed by atoms with van der Waals surface area (Å²) in [5, 5.41) is 9.77. The zero-order valence-corrected chi connectivity index (χ0v) is 14.6. The second-order valence-corrected chi connectivity index (χ2v) is 5.48. The first-order valence-corrected chi connectivity index (χ1v) is 7.85. The number of hydrogen-bond donors (Lipinski definition) is 4. The summed E-state index contributed by atoms with van der Waals surface area (Å²) in [6.45, 7) is 5.65. The zero-order chi connectivity index (χ0) is 19.5. The molecule has 0 aromatic heterocycles. The van der Waals surface area contributed by atoms with Crippen LogP contribution in [-0.2, 0) is 0 Å². The van der Waals surface area contributed by atoms with E-state index >= 15 is 0 Å². The quantitative estimate of drug-likeness (QED) is 0.396. The molecule has 0 unspecified atom stereocenters. The molecule has 0 spiro atoms. The first-order chi connectivity index (χ1) is 12.3. The van der Waals surface area contributed by atoms with Gasteiger partial charge >= 0.3 is 0 Å². The summed E-state index contributed by atoms with van der Waals surface area (Å²) >= 11 is 0. The molecule has 0 amide bonds. The van der Waals surface area contributed by atoms with Crippen molar-refractivity contribution in [2.75, 3.05) is 5.32 Å². The van der Waals surface area contributed by atoms with Crippen LogP contribution in [0.3, 0.4) is 0 Å². The van der Waals surface area contributed by atoms with Crippen molar-refractivity contribution in [1.29, 1.82) is 5.41 Å². The van der Waals surface area contributed by atoms with Crippen molar-refractivity contribution in [2.24, 2.45) is 16.5 Å². The second kappa shape index (κ2) is 10.6. The van der Waals surface area contributed by atoms with Crippen molar-refractivity contribution in [3.8, 4) is 0 Å². The van der Waals surface area contributed by atoms with Gasteiger partial charge in [-0.05, 0) is 49.6 Å². The van der Waals surface area contributed by atoms with E-state index in [4.69, 9.17) is 16.9 Å². The lowest BCUT2D eigenvalue weighted by atomic mass is 10.2. The Balaban J connectivity index is 2.49. The number of anilines is 1. The van der Waals surface area contributed by atoms with Gasteiger partial charge in [-0.1, -0.05) is 6.58 Å². The fraction of sp³-hybridized carbons (Fsp3) is 0.158. The molecule has 0 atom stereocenters. The molecule has 0 aliphatic carbocycles. The van der Waals surface area contributed by atoms with Crippen molar-refractivity contribution in [3.63, 3.8) is 0 Å². The van der Waals surface area contributed by atoms with Crippen LogP contribution in [0.15, 0.2) is 70.8 Å². The van der Waals surface area contributed by atoms with Gasteiger partial charge in [0.05, 0.1) is 0 Å². The van der Waals surface area contributed by atoms with Gasteiger partial charge in [0.2, 0.25) is 0 Å². The minimum Gasteiger partial charge on any atom is -0.401 e. The summed E-state index contributed by atoms with van der Waals surface area (Å²) in [4.78, 5) is 4.19. The maximum Gasteiger partial charge on any atom is 0.160 e. The summed E-state index contributed by atoms with van der Waals surface area (Å²) in [5.74, 6) is -1.83. The number of halogens is 2. The van der Waals surface area contributed by atoms with Crippen LogP contribution < -0.4 is 16.8 Å². The first kappa shape index (κ1) is 20.8.